The minimum atomic E-state index is -0.230. The summed E-state index contributed by atoms with van der Waals surface area (Å²) >= 11 is 1.69. The summed E-state index contributed by atoms with van der Waals surface area (Å²) in [5.74, 6) is -0.266. The highest BCUT2D eigenvalue weighted by Gasteiger charge is 2.46. The molecule has 0 saturated heterocycles. The molecule has 96 valence electrons. The fourth-order valence-electron chi connectivity index (χ4n) is 2.16. The molecule has 2 rings (SSSR count). The van der Waals surface area contributed by atoms with Gasteiger partial charge in [0, 0.05) is 4.90 Å². The quantitative estimate of drug-likeness (QED) is 0.656. The van der Waals surface area contributed by atoms with E-state index in [2.05, 4.69) is 17.4 Å². The van der Waals surface area contributed by atoms with E-state index in [9.17, 15) is 9.59 Å². The van der Waals surface area contributed by atoms with Crippen molar-refractivity contribution in [2.24, 2.45) is 0 Å². The first-order valence-corrected chi connectivity index (χ1v) is 7.24. The molecule has 1 aliphatic rings. The van der Waals surface area contributed by atoms with Crippen molar-refractivity contribution in [2.45, 2.75) is 36.6 Å². The molecule has 1 amide bonds. The zero-order chi connectivity index (χ0) is 13.2. The first-order chi connectivity index (χ1) is 8.57. The Morgan fingerprint density at radius 1 is 1.33 bits per heavy atom. The van der Waals surface area contributed by atoms with Gasteiger partial charge in [0.25, 0.3) is 0 Å². The number of ketones is 1. The lowest BCUT2D eigenvalue weighted by molar-refractivity contribution is -0.127. The summed E-state index contributed by atoms with van der Waals surface area (Å²) in [6.45, 7) is 1.44. The summed E-state index contributed by atoms with van der Waals surface area (Å²) in [4.78, 5) is 23.9. The predicted molar refractivity (Wildman–Crippen MR) is 72.6 cm³/mol. The molecule has 0 atom stereocenters. The average molecular weight is 263 g/mol. The number of hydrogen-bond acceptors (Lipinski definition) is 3. The molecule has 1 fully saturated rings. The van der Waals surface area contributed by atoms with Crippen molar-refractivity contribution in [3.8, 4) is 0 Å². The van der Waals surface area contributed by atoms with Gasteiger partial charge in [0.15, 0.2) is 0 Å². The van der Waals surface area contributed by atoms with E-state index in [1.165, 1.54) is 17.4 Å². The van der Waals surface area contributed by atoms with E-state index in [4.69, 9.17) is 0 Å². The highest BCUT2D eigenvalue weighted by Crippen LogP contribution is 2.48. The van der Waals surface area contributed by atoms with Crippen LogP contribution >= 0.6 is 11.8 Å². The maximum absolute atomic E-state index is 11.7. The fraction of sp³-hybridized carbons (Fsp3) is 0.429. The Hall–Kier alpha value is -1.29. The van der Waals surface area contributed by atoms with E-state index in [1.54, 1.807) is 11.8 Å². The van der Waals surface area contributed by atoms with Crippen molar-refractivity contribution in [3.05, 3.63) is 29.8 Å². The highest BCUT2D eigenvalue weighted by atomic mass is 32.2. The van der Waals surface area contributed by atoms with Crippen molar-refractivity contribution >= 4 is 23.5 Å². The standard InChI is InChI=1S/C14H17NO2S/c1-10(16)9-13(17)15-14(7-8-14)11-5-3-4-6-12(11)18-2/h3-6H,7-9H2,1-2H3,(H,15,17). The van der Waals surface area contributed by atoms with Gasteiger partial charge < -0.3 is 5.32 Å². The SMILES string of the molecule is CSc1ccccc1C1(NC(=O)CC(C)=O)CC1. The van der Waals surface area contributed by atoms with Gasteiger partial charge in [-0.1, -0.05) is 18.2 Å². The van der Waals surface area contributed by atoms with Crippen LogP contribution in [-0.4, -0.2) is 17.9 Å². The van der Waals surface area contributed by atoms with Crippen LogP contribution in [-0.2, 0) is 15.1 Å². The Morgan fingerprint density at radius 3 is 2.56 bits per heavy atom. The summed E-state index contributed by atoms with van der Waals surface area (Å²) in [5.41, 5.74) is 0.945. The normalized spacial score (nSPS) is 16.1. The molecular formula is C14H17NO2S. The molecule has 0 aliphatic heterocycles. The minimum Gasteiger partial charge on any atom is -0.346 e. The number of thioether (sulfide) groups is 1. The molecule has 3 nitrogen and oxygen atoms in total. The van der Waals surface area contributed by atoms with Crippen LogP contribution in [0, 0.1) is 0 Å². The zero-order valence-electron chi connectivity index (χ0n) is 10.7. The molecule has 1 saturated carbocycles. The molecule has 1 aromatic carbocycles. The molecule has 0 spiro atoms. The molecule has 0 unspecified atom stereocenters. The lowest BCUT2D eigenvalue weighted by atomic mass is 10.0. The Morgan fingerprint density at radius 2 is 2.00 bits per heavy atom. The lowest BCUT2D eigenvalue weighted by Crippen LogP contribution is -2.36. The molecule has 0 radical (unpaired) electrons. The van der Waals surface area contributed by atoms with Crippen LogP contribution in [0.15, 0.2) is 29.2 Å². The molecule has 1 aromatic rings. The predicted octanol–water partition coefficient (Wildman–Crippen LogP) is 2.49. The summed E-state index contributed by atoms with van der Waals surface area (Å²) < 4.78 is 0. The average Bonchev–Trinajstić information content (AvgIpc) is 3.08. The Balaban J connectivity index is 2.16. The third kappa shape index (κ3) is 2.75. The molecule has 1 aliphatic carbocycles. The fourth-order valence-corrected chi connectivity index (χ4v) is 2.86. The largest absolute Gasteiger partial charge is 0.346 e. The lowest BCUT2D eigenvalue weighted by Gasteiger charge is -2.20. The molecule has 0 heterocycles. The third-order valence-corrected chi connectivity index (χ3v) is 3.96. The number of Topliss-reactive ketones (excluding diaryl/α,β-unsaturated/α-hetero) is 1. The molecule has 1 N–H and O–H groups in total. The number of carbonyl (C=O) groups is 2. The van der Waals surface area contributed by atoms with E-state index in [0.717, 1.165) is 12.8 Å². The van der Waals surface area contributed by atoms with Gasteiger partial charge in [-0.05, 0) is 37.7 Å². The number of nitrogens with one attached hydrogen (secondary N) is 1. The van der Waals surface area contributed by atoms with Gasteiger partial charge in [0.05, 0.1) is 12.0 Å². The van der Waals surface area contributed by atoms with Crippen LogP contribution in [0.1, 0.15) is 31.7 Å². The number of carbonyl (C=O) groups excluding carboxylic acids is 2. The Labute approximate surface area is 111 Å². The van der Waals surface area contributed by atoms with Crippen molar-refractivity contribution in [3.63, 3.8) is 0 Å². The van der Waals surface area contributed by atoms with Crippen molar-refractivity contribution in [1.29, 1.82) is 0 Å². The van der Waals surface area contributed by atoms with Crippen LogP contribution in [0.4, 0.5) is 0 Å². The van der Waals surface area contributed by atoms with E-state index in [-0.39, 0.29) is 23.7 Å². The number of hydrogen-bond donors (Lipinski definition) is 1. The van der Waals surface area contributed by atoms with Gasteiger partial charge in [0.2, 0.25) is 5.91 Å². The first kappa shape index (κ1) is 13.1. The third-order valence-electron chi connectivity index (χ3n) is 3.16. The van der Waals surface area contributed by atoms with Crippen molar-refractivity contribution in [1.82, 2.24) is 5.32 Å². The summed E-state index contributed by atoms with van der Waals surface area (Å²) in [6, 6.07) is 8.12. The van der Waals surface area contributed by atoms with E-state index >= 15 is 0 Å². The van der Waals surface area contributed by atoms with Crippen LogP contribution in [0.2, 0.25) is 0 Å². The van der Waals surface area contributed by atoms with Crippen molar-refractivity contribution in [2.75, 3.05) is 6.26 Å². The van der Waals surface area contributed by atoms with Gasteiger partial charge in [-0.2, -0.15) is 0 Å². The number of benzene rings is 1. The Bertz CT molecular complexity index is 480. The van der Waals surface area contributed by atoms with E-state index < -0.39 is 0 Å². The molecular weight excluding hydrogens is 246 g/mol. The smallest absolute Gasteiger partial charge is 0.228 e. The summed E-state index contributed by atoms with van der Waals surface area (Å²) in [5, 5.41) is 3.02. The maximum Gasteiger partial charge on any atom is 0.228 e. The van der Waals surface area contributed by atoms with Crippen LogP contribution in [0.3, 0.4) is 0 Å². The van der Waals surface area contributed by atoms with Gasteiger partial charge in [-0.3, -0.25) is 9.59 Å². The Kier molecular flexibility index (Phi) is 3.76. The van der Waals surface area contributed by atoms with Gasteiger partial charge >= 0.3 is 0 Å². The van der Waals surface area contributed by atoms with Crippen LogP contribution in [0.25, 0.3) is 0 Å². The van der Waals surface area contributed by atoms with E-state index in [1.807, 2.05) is 18.4 Å². The molecule has 4 heteroatoms. The topological polar surface area (TPSA) is 46.2 Å². The molecule has 0 aromatic heterocycles. The minimum absolute atomic E-state index is 0.0246. The second kappa shape index (κ2) is 5.14. The van der Waals surface area contributed by atoms with Crippen LogP contribution in [0.5, 0.6) is 0 Å². The number of amides is 1. The van der Waals surface area contributed by atoms with Crippen molar-refractivity contribution < 1.29 is 9.59 Å². The van der Waals surface area contributed by atoms with E-state index in [0.29, 0.717) is 0 Å². The maximum atomic E-state index is 11.7. The summed E-state index contributed by atoms with van der Waals surface area (Å²) in [7, 11) is 0. The second-order valence-corrected chi connectivity index (χ2v) is 5.56. The molecule has 18 heavy (non-hydrogen) atoms. The van der Waals surface area contributed by atoms with Gasteiger partial charge in [-0.25, -0.2) is 0 Å². The van der Waals surface area contributed by atoms with Gasteiger partial charge in [0.1, 0.15) is 5.78 Å². The van der Waals surface area contributed by atoms with Gasteiger partial charge in [-0.15, -0.1) is 11.8 Å². The first-order valence-electron chi connectivity index (χ1n) is 6.01. The summed E-state index contributed by atoms with van der Waals surface area (Å²) in [6.07, 6.45) is 3.91. The number of rotatable bonds is 5. The molecule has 0 bridgehead atoms. The zero-order valence-corrected chi connectivity index (χ0v) is 11.5. The highest BCUT2D eigenvalue weighted by molar-refractivity contribution is 7.98. The second-order valence-electron chi connectivity index (χ2n) is 4.71. The van der Waals surface area contributed by atoms with Crippen LogP contribution < -0.4 is 5.32 Å². The monoisotopic (exact) mass is 263 g/mol.